The number of ether oxygens (including phenoxy) is 1. The number of carbonyl (C=O) groups excluding carboxylic acids is 1. The zero-order chi connectivity index (χ0) is 13.5. The highest BCUT2D eigenvalue weighted by Gasteiger charge is 2.09. The third-order valence-corrected chi connectivity index (χ3v) is 2.85. The number of nitrogens with two attached hydrogens (primary N) is 1. The van der Waals surface area contributed by atoms with E-state index >= 15 is 0 Å². The maximum Gasteiger partial charge on any atom is 0.320 e. The lowest BCUT2D eigenvalue weighted by atomic mass is 10.1. The van der Waals surface area contributed by atoms with Crippen molar-refractivity contribution in [2.45, 2.75) is 20.0 Å². The van der Waals surface area contributed by atoms with Gasteiger partial charge in [-0.2, -0.15) is 0 Å². The van der Waals surface area contributed by atoms with Crippen LogP contribution >= 0.6 is 11.6 Å². The highest BCUT2D eigenvalue weighted by molar-refractivity contribution is 6.31. The minimum Gasteiger partial charge on any atom is -0.465 e. The van der Waals surface area contributed by atoms with Crippen molar-refractivity contribution >= 4 is 17.6 Å². The summed E-state index contributed by atoms with van der Waals surface area (Å²) in [6.07, 6.45) is 0. The molecule has 1 aromatic carbocycles. The number of hydrogen-bond acceptors (Lipinski definition) is 4. The Hall–Kier alpha value is -1.10. The Morgan fingerprint density at radius 2 is 2.22 bits per heavy atom. The van der Waals surface area contributed by atoms with E-state index in [1.54, 1.807) is 6.92 Å². The van der Waals surface area contributed by atoms with Gasteiger partial charge < -0.3 is 10.5 Å². The van der Waals surface area contributed by atoms with Gasteiger partial charge in [-0.15, -0.1) is 0 Å². The molecule has 1 rings (SSSR count). The van der Waals surface area contributed by atoms with E-state index in [1.807, 2.05) is 30.1 Å². The number of carbonyl (C=O) groups is 1. The van der Waals surface area contributed by atoms with Gasteiger partial charge in [0.1, 0.15) is 0 Å². The first kappa shape index (κ1) is 15.0. The van der Waals surface area contributed by atoms with Gasteiger partial charge in [0.15, 0.2) is 0 Å². The summed E-state index contributed by atoms with van der Waals surface area (Å²) in [5.74, 6) is -0.227. The van der Waals surface area contributed by atoms with E-state index in [0.29, 0.717) is 24.7 Å². The van der Waals surface area contributed by atoms with Gasteiger partial charge in [0, 0.05) is 18.1 Å². The number of hydrogen-bond donors (Lipinski definition) is 1. The van der Waals surface area contributed by atoms with Crippen LogP contribution in [-0.2, 0) is 22.6 Å². The molecule has 0 aliphatic rings. The fourth-order valence-electron chi connectivity index (χ4n) is 1.62. The van der Waals surface area contributed by atoms with Crippen LogP contribution in [0.15, 0.2) is 18.2 Å². The zero-order valence-electron chi connectivity index (χ0n) is 10.8. The molecule has 0 atom stereocenters. The Balaban J connectivity index is 2.59. The van der Waals surface area contributed by atoms with Crippen LogP contribution in [0.5, 0.6) is 0 Å². The van der Waals surface area contributed by atoms with E-state index < -0.39 is 0 Å². The summed E-state index contributed by atoms with van der Waals surface area (Å²) in [6.45, 7) is 3.52. The average molecular weight is 271 g/mol. The zero-order valence-corrected chi connectivity index (χ0v) is 11.5. The van der Waals surface area contributed by atoms with E-state index in [0.717, 1.165) is 11.1 Å². The number of likely N-dealkylation sites (N-methyl/N-ethyl adjacent to an activating group) is 1. The van der Waals surface area contributed by atoms with E-state index in [-0.39, 0.29) is 12.5 Å². The van der Waals surface area contributed by atoms with Gasteiger partial charge in [0.25, 0.3) is 0 Å². The topological polar surface area (TPSA) is 55.6 Å². The van der Waals surface area contributed by atoms with Crippen molar-refractivity contribution in [2.24, 2.45) is 5.73 Å². The Kier molecular flexibility index (Phi) is 6.12. The molecule has 0 bridgehead atoms. The predicted molar refractivity (Wildman–Crippen MR) is 72.3 cm³/mol. The van der Waals surface area contributed by atoms with Gasteiger partial charge in [-0.1, -0.05) is 23.7 Å². The molecule has 0 unspecified atom stereocenters. The second-order valence-corrected chi connectivity index (χ2v) is 4.51. The molecule has 5 heteroatoms. The standard InChI is InChI=1S/C13H19ClN2O2/c1-3-18-13(17)9-16(2)8-11-5-4-10(7-15)6-12(11)14/h4-6H,3,7-9,15H2,1-2H3. The van der Waals surface area contributed by atoms with Crippen LogP contribution < -0.4 is 5.73 Å². The van der Waals surface area contributed by atoms with Crippen LogP contribution in [0.1, 0.15) is 18.1 Å². The number of rotatable bonds is 6. The molecule has 1 aromatic rings. The Morgan fingerprint density at radius 1 is 1.50 bits per heavy atom. The number of halogens is 1. The highest BCUT2D eigenvalue weighted by Crippen LogP contribution is 2.19. The van der Waals surface area contributed by atoms with Crippen molar-refractivity contribution in [3.05, 3.63) is 34.3 Å². The molecular weight excluding hydrogens is 252 g/mol. The fraction of sp³-hybridized carbons (Fsp3) is 0.462. The van der Waals surface area contributed by atoms with Crippen LogP contribution in [0.3, 0.4) is 0 Å². The van der Waals surface area contributed by atoms with Crippen molar-refractivity contribution in [2.75, 3.05) is 20.2 Å². The SMILES string of the molecule is CCOC(=O)CN(C)Cc1ccc(CN)cc1Cl. The molecule has 100 valence electrons. The third kappa shape index (κ3) is 4.64. The summed E-state index contributed by atoms with van der Waals surface area (Å²) >= 11 is 6.15. The Morgan fingerprint density at radius 3 is 2.78 bits per heavy atom. The second kappa shape index (κ2) is 7.36. The van der Waals surface area contributed by atoms with Crippen LogP contribution in [0.4, 0.5) is 0 Å². The molecule has 0 radical (unpaired) electrons. The molecule has 0 amide bonds. The normalized spacial score (nSPS) is 10.7. The van der Waals surface area contributed by atoms with Gasteiger partial charge in [-0.3, -0.25) is 9.69 Å². The lowest BCUT2D eigenvalue weighted by molar-refractivity contribution is -0.144. The van der Waals surface area contributed by atoms with Crippen molar-refractivity contribution < 1.29 is 9.53 Å². The van der Waals surface area contributed by atoms with E-state index in [1.165, 1.54) is 0 Å². The van der Waals surface area contributed by atoms with Crippen LogP contribution in [0.2, 0.25) is 5.02 Å². The first-order valence-corrected chi connectivity index (χ1v) is 6.26. The summed E-state index contributed by atoms with van der Waals surface area (Å²) in [5.41, 5.74) is 7.51. The molecule has 0 spiro atoms. The Labute approximate surface area is 113 Å². The average Bonchev–Trinajstić information content (AvgIpc) is 2.31. The van der Waals surface area contributed by atoms with E-state index in [4.69, 9.17) is 22.1 Å². The molecule has 0 aliphatic carbocycles. The van der Waals surface area contributed by atoms with Crippen molar-refractivity contribution in [3.8, 4) is 0 Å². The van der Waals surface area contributed by atoms with Crippen molar-refractivity contribution in [1.29, 1.82) is 0 Å². The second-order valence-electron chi connectivity index (χ2n) is 4.11. The maximum atomic E-state index is 11.3. The molecule has 18 heavy (non-hydrogen) atoms. The number of benzene rings is 1. The van der Waals surface area contributed by atoms with Crippen LogP contribution in [-0.4, -0.2) is 31.1 Å². The molecule has 0 aliphatic heterocycles. The van der Waals surface area contributed by atoms with E-state index in [9.17, 15) is 4.79 Å². The summed E-state index contributed by atoms with van der Waals surface area (Å²) in [5, 5.41) is 0.675. The van der Waals surface area contributed by atoms with Gasteiger partial charge >= 0.3 is 5.97 Å². The molecule has 0 saturated carbocycles. The molecule has 4 nitrogen and oxygen atoms in total. The smallest absolute Gasteiger partial charge is 0.320 e. The fourth-order valence-corrected chi connectivity index (χ4v) is 1.88. The lowest BCUT2D eigenvalue weighted by Crippen LogP contribution is -2.27. The number of nitrogens with zero attached hydrogens (tertiary/aromatic N) is 1. The van der Waals surface area contributed by atoms with Gasteiger partial charge in [0.05, 0.1) is 13.2 Å². The molecule has 0 heterocycles. The molecule has 0 saturated heterocycles. The molecule has 2 N–H and O–H groups in total. The highest BCUT2D eigenvalue weighted by atomic mass is 35.5. The minimum absolute atomic E-state index is 0.227. The van der Waals surface area contributed by atoms with Crippen molar-refractivity contribution in [3.63, 3.8) is 0 Å². The minimum atomic E-state index is -0.227. The molecular formula is C13H19ClN2O2. The van der Waals surface area contributed by atoms with Crippen molar-refractivity contribution in [1.82, 2.24) is 4.90 Å². The largest absolute Gasteiger partial charge is 0.465 e. The van der Waals surface area contributed by atoms with Crippen LogP contribution in [0, 0.1) is 0 Å². The predicted octanol–water partition coefficient (Wildman–Crippen LogP) is 1.79. The first-order chi connectivity index (χ1) is 8.56. The lowest BCUT2D eigenvalue weighted by Gasteiger charge is -2.16. The first-order valence-electron chi connectivity index (χ1n) is 5.88. The summed E-state index contributed by atoms with van der Waals surface area (Å²) in [7, 11) is 1.85. The van der Waals surface area contributed by atoms with Gasteiger partial charge in [-0.25, -0.2) is 0 Å². The monoisotopic (exact) mass is 270 g/mol. The van der Waals surface area contributed by atoms with Gasteiger partial charge in [0.2, 0.25) is 0 Å². The van der Waals surface area contributed by atoms with E-state index in [2.05, 4.69) is 0 Å². The number of esters is 1. The molecule has 0 fully saturated rings. The van der Waals surface area contributed by atoms with Crippen LogP contribution in [0.25, 0.3) is 0 Å². The van der Waals surface area contributed by atoms with Gasteiger partial charge in [-0.05, 0) is 31.2 Å². The summed E-state index contributed by atoms with van der Waals surface area (Å²) in [6, 6.07) is 5.74. The third-order valence-electron chi connectivity index (χ3n) is 2.50. The quantitative estimate of drug-likeness (QED) is 0.801. The maximum absolute atomic E-state index is 11.3. The molecule has 0 aromatic heterocycles. The summed E-state index contributed by atoms with van der Waals surface area (Å²) < 4.78 is 4.89. The Bertz CT molecular complexity index is 410. The summed E-state index contributed by atoms with van der Waals surface area (Å²) in [4.78, 5) is 13.2.